The third-order valence-corrected chi connectivity index (χ3v) is 20.9. The highest BCUT2D eigenvalue weighted by atomic mass is 16.8. The maximum absolute atomic E-state index is 11.5. The van der Waals surface area contributed by atoms with Gasteiger partial charge in [-0.1, -0.05) is 0 Å². The van der Waals surface area contributed by atoms with Gasteiger partial charge in [-0.25, -0.2) is 0 Å². The average molecular weight is 1640 g/mol. The van der Waals surface area contributed by atoms with Crippen molar-refractivity contribution in [2.24, 2.45) is 0 Å². The van der Waals surface area contributed by atoms with E-state index in [4.69, 9.17) is 90.0 Å². The van der Waals surface area contributed by atoms with E-state index >= 15 is 0 Å². The molecule has 0 bridgehead atoms. The molecule has 50 atom stereocenters. The Bertz CT molecular complexity index is 2760. The zero-order valence-electron chi connectivity index (χ0n) is 58.0. The number of rotatable bonds is 28. The average Bonchev–Trinajstić information content (AvgIpc) is 0.774. The Kier molecular flexibility index (Phi) is 32.4. The maximum atomic E-state index is 11.5. The summed E-state index contributed by atoms with van der Waals surface area (Å²) in [6.07, 6.45) is -101. The zero-order chi connectivity index (χ0) is 81.4. The summed E-state index contributed by atoms with van der Waals surface area (Å²) >= 11 is 0. The fraction of sp³-hybridized carbons (Fsp3) is 1.00. The second kappa shape index (κ2) is 39.4. The molecule has 0 saturated carbocycles. The monoisotopic (exact) mass is 1640 g/mol. The second-order valence-corrected chi connectivity index (χ2v) is 28.0. The highest BCUT2D eigenvalue weighted by molar-refractivity contribution is 5.03. The van der Waals surface area contributed by atoms with Crippen LogP contribution in [0.4, 0.5) is 0 Å². The van der Waals surface area contributed by atoms with E-state index in [-0.39, 0.29) is 0 Å². The number of ether oxygens (including phenoxy) is 19. The van der Waals surface area contributed by atoms with Gasteiger partial charge in [0.05, 0.1) is 66.1 Å². The van der Waals surface area contributed by atoms with E-state index in [2.05, 4.69) is 0 Å². The molecule has 0 spiro atoms. The van der Waals surface area contributed by atoms with Gasteiger partial charge in [0.2, 0.25) is 0 Å². The minimum atomic E-state index is -2.32. The molecule has 648 valence electrons. The van der Waals surface area contributed by atoms with Crippen molar-refractivity contribution in [2.45, 2.75) is 307 Å². The minimum absolute atomic E-state index is 0.869. The second-order valence-electron chi connectivity index (χ2n) is 28.0. The first-order valence-corrected chi connectivity index (χ1v) is 35.2. The molecule has 51 nitrogen and oxygen atoms in total. The van der Waals surface area contributed by atoms with Gasteiger partial charge >= 0.3 is 0 Å². The lowest BCUT2D eigenvalue weighted by molar-refractivity contribution is -0.400. The first-order chi connectivity index (χ1) is 52.7. The highest BCUT2D eigenvalue weighted by Gasteiger charge is 2.61. The van der Waals surface area contributed by atoms with Gasteiger partial charge in [-0.05, 0) is 0 Å². The highest BCUT2D eigenvalue weighted by Crippen LogP contribution is 2.41. The molecule has 51 heteroatoms. The van der Waals surface area contributed by atoms with Crippen molar-refractivity contribution in [2.75, 3.05) is 66.1 Å². The Balaban J connectivity index is 0.705. The van der Waals surface area contributed by atoms with Crippen LogP contribution in [0.3, 0.4) is 0 Å². The van der Waals surface area contributed by atoms with Crippen molar-refractivity contribution in [1.82, 2.24) is 0 Å². The summed E-state index contributed by atoms with van der Waals surface area (Å²) in [5.41, 5.74) is 0. The quantitative estimate of drug-likeness (QED) is 0.0346. The lowest BCUT2D eigenvalue weighted by atomic mass is 9.95. The van der Waals surface area contributed by atoms with Crippen LogP contribution in [-0.4, -0.2) is 537 Å². The molecule has 10 fully saturated rings. The Labute approximate surface area is 625 Å². The van der Waals surface area contributed by atoms with E-state index in [1.165, 1.54) is 0 Å². The van der Waals surface area contributed by atoms with Gasteiger partial charge in [-0.2, -0.15) is 0 Å². The van der Waals surface area contributed by atoms with Gasteiger partial charge in [0.15, 0.2) is 62.9 Å². The minimum Gasteiger partial charge on any atom is -0.394 e. The van der Waals surface area contributed by atoms with Crippen molar-refractivity contribution in [3.63, 3.8) is 0 Å². The van der Waals surface area contributed by atoms with Crippen LogP contribution in [0.5, 0.6) is 0 Å². The van der Waals surface area contributed by atoms with Crippen molar-refractivity contribution < 1.29 is 253 Å². The summed E-state index contributed by atoms with van der Waals surface area (Å²) < 4.78 is 106. The molecule has 10 saturated heterocycles. The lowest BCUT2D eigenvalue weighted by Gasteiger charge is -2.50. The normalized spacial score (nSPS) is 53.7. The molecule has 0 aromatic carbocycles. The van der Waals surface area contributed by atoms with Gasteiger partial charge in [-0.3, -0.25) is 0 Å². The van der Waals surface area contributed by atoms with Crippen LogP contribution in [0.2, 0.25) is 0 Å². The summed E-state index contributed by atoms with van der Waals surface area (Å²) in [4.78, 5) is 0. The molecule has 0 aromatic heterocycles. The zero-order valence-corrected chi connectivity index (χ0v) is 58.0. The molecule has 10 aliphatic heterocycles. The molecule has 10 heterocycles. The molecule has 32 N–H and O–H groups in total. The van der Waals surface area contributed by atoms with E-state index in [0.717, 1.165) is 0 Å². The summed E-state index contributed by atoms with van der Waals surface area (Å²) in [6.45, 7) is -10.5. The Morgan fingerprint density at radius 1 is 0.135 bits per heavy atom. The Hall–Kier alpha value is -2.04. The number of hydrogen-bond acceptors (Lipinski definition) is 51. The molecule has 0 radical (unpaired) electrons. The Morgan fingerprint density at radius 3 is 0.414 bits per heavy atom. The molecule has 0 amide bonds. The van der Waals surface area contributed by atoms with Crippen molar-refractivity contribution in [3.05, 3.63) is 0 Å². The standard InChI is InChI=1S/C60H102O51/c61-1-11-21(71)22(72)33(83)52(94-11)104-43-13(3-63)96-54(35(85)24(43)74)106-45-15(5-65)98-56(37(87)26(45)76)108-47-17(7-67)100-58(39(89)28(47)78)110-49-19(9-69)102-60(41(91)30(49)80)111-50-20(10-70)101-59(40(90)31(50)81)109-48-18(8-68)99-57(38(88)29(48)79)107-46-16(6-66)97-55(36(86)27(46)77)105-44-14(4-64)95-53(34(84)25(44)75)103-42-12(2-62)93-51(92)32(82)23(42)73/h11-92H,1-10H2/t11-,12-,13-,14-,15-,16-,17-,18-,19-,20-,21-,22+,23-,24-,25-,26-,27-,28-,29-,30-,31-,32-,33-,34-,35-,36-,37-,38-,39-,40-,41-,42-,43-,44-,45-,46-,47-,48-,49-,50-,51+,52-,53-,54-,55-,56-,57-,58-,59-,60-/m1/s1. The van der Waals surface area contributed by atoms with E-state index in [9.17, 15) is 163 Å². The number of aliphatic hydroxyl groups excluding tert-OH is 32. The summed E-state index contributed by atoms with van der Waals surface area (Å²) in [5, 5.41) is 345. The number of aliphatic hydroxyl groups is 32. The third kappa shape index (κ3) is 18.8. The van der Waals surface area contributed by atoms with Gasteiger partial charge < -0.3 is 253 Å². The molecule has 0 aliphatic carbocycles. The van der Waals surface area contributed by atoms with Gasteiger partial charge in [0, 0.05) is 0 Å². The lowest BCUT2D eigenvalue weighted by Crippen LogP contribution is -2.68. The molecule has 0 unspecified atom stereocenters. The van der Waals surface area contributed by atoms with Crippen LogP contribution in [0.25, 0.3) is 0 Å². The maximum Gasteiger partial charge on any atom is 0.187 e. The van der Waals surface area contributed by atoms with Crippen molar-refractivity contribution in [1.29, 1.82) is 0 Å². The van der Waals surface area contributed by atoms with Gasteiger partial charge in [-0.15, -0.1) is 0 Å². The first-order valence-electron chi connectivity index (χ1n) is 35.2. The van der Waals surface area contributed by atoms with Crippen LogP contribution in [0.15, 0.2) is 0 Å². The predicted octanol–water partition coefficient (Wildman–Crippen LogP) is -22.8. The van der Waals surface area contributed by atoms with E-state index < -0.39 is 373 Å². The molecule has 10 aliphatic rings. The molecule has 111 heavy (non-hydrogen) atoms. The van der Waals surface area contributed by atoms with Crippen LogP contribution < -0.4 is 0 Å². The summed E-state index contributed by atoms with van der Waals surface area (Å²) in [7, 11) is 0. The van der Waals surface area contributed by atoms with Crippen LogP contribution in [0.1, 0.15) is 0 Å². The molecular weight excluding hydrogens is 1540 g/mol. The van der Waals surface area contributed by atoms with E-state index in [1.807, 2.05) is 0 Å². The van der Waals surface area contributed by atoms with Gasteiger partial charge in [0.25, 0.3) is 0 Å². The fourth-order valence-electron chi connectivity index (χ4n) is 14.5. The van der Waals surface area contributed by atoms with E-state index in [0.29, 0.717) is 0 Å². The molecular formula is C60H102O51. The van der Waals surface area contributed by atoms with Crippen molar-refractivity contribution in [3.8, 4) is 0 Å². The first kappa shape index (κ1) is 91.3. The number of hydrogen-bond donors (Lipinski definition) is 32. The predicted molar refractivity (Wildman–Crippen MR) is 330 cm³/mol. The fourth-order valence-corrected chi connectivity index (χ4v) is 14.5. The summed E-state index contributed by atoms with van der Waals surface area (Å²) in [5.74, 6) is 0. The summed E-state index contributed by atoms with van der Waals surface area (Å²) in [6, 6.07) is 0. The SMILES string of the molecule is OC[C@H]1O[C@H](O[C@H]2[C@H](O)[C@@H](O)[C@@H](O[C@H]3[C@H](O)[C@@H](O)[C@@H](O[C@H]4[C@H](O)[C@@H](O)[C@@H](O[C@H]5[C@H](O)[C@@H](O)[C@@H](O[C@H]6[C@H](O)[C@@H](O)[C@@H](O[C@H]7[C@H](O)[C@@H](O)[C@@H](O[C@H]8[C@H](O)[C@@H](O)[C@@H](O[C@H]9[C@H](O)[C@@H](O)[C@@H](O[C@H]%10[C@H](O)[C@@H](O)[C@@H](O)O[C@@H]%10CO)O[C@@H]9CO)O[C@@H]8CO)O[C@@H]7CO)O[C@@H]6CO)O[C@@H]5CO)O[C@@H]4CO)O[C@@H]3CO)O[C@@H]2CO)[C@H](O)[C@@H](O)[C@@H]1O. The molecule has 10 rings (SSSR count). The molecule has 0 aromatic rings. The van der Waals surface area contributed by atoms with Crippen molar-refractivity contribution >= 4 is 0 Å². The smallest absolute Gasteiger partial charge is 0.187 e. The van der Waals surface area contributed by atoms with Gasteiger partial charge in [0.1, 0.15) is 244 Å². The topological polar surface area (TPSA) is 823 Å². The van der Waals surface area contributed by atoms with Crippen LogP contribution in [-0.2, 0) is 90.0 Å². The van der Waals surface area contributed by atoms with Crippen LogP contribution in [0, 0.1) is 0 Å². The van der Waals surface area contributed by atoms with Crippen LogP contribution >= 0.6 is 0 Å². The Morgan fingerprint density at radius 2 is 0.261 bits per heavy atom. The van der Waals surface area contributed by atoms with E-state index in [1.54, 1.807) is 0 Å². The third-order valence-electron chi connectivity index (χ3n) is 20.9. The largest absolute Gasteiger partial charge is 0.394 e.